The summed E-state index contributed by atoms with van der Waals surface area (Å²) in [6.07, 6.45) is 1.35. The first-order valence-corrected chi connectivity index (χ1v) is 5.89. The normalized spacial score (nSPS) is 26.5. The first kappa shape index (κ1) is 12.5. The van der Waals surface area contributed by atoms with Gasteiger partial charge in [-0.1, -0.05) is 13.8 Å². The molecule has 0 aromatic rings. The maximum atomic E-state index is 11.4. The number of carbonyl (C=O) groups excluding carboxylic acids is 1. The minimum atomic E-state index is -0.0757. The first-order chi connectivity index (χ1) is 7.04. The Kier molecular flexibility index (Phi) is 4.58. The molecule has 0 radical (unpaired) electrons. The molecule has 0 amide bonds. The summed E-state index contributed by atoms with van der Waals surface area (Å²) in [5, 5.41) is 0. The summed E-state index contributed by atoms with van der Waals surface area (Å²) in [6.45, 7) is 8.47. The predicted molar refractivity (Wildman–Crippen MR) is 60.6 cm³/mol. The quantitative estimate of drug-likeness (QED) is 0.630. The maximum absolute atomic E-state index is 11.4. The SMILES string of the molecule is CCOC(=O)C(C)CN(C)CC1CC1C. The van der Waals surface area contributed by atoms with Gasteiger partial charge in [-0.2, -0.15) is 0 Å². The van der Waals surface area contributed by atoms with Crippen LogP contribution in [0.5, 0.6) is 0 Å². The number of rotatable bonds is 6. The van der Waals surface area contributed by atoms with Gasteiger partial charge in [-0.3, -0.25) is 4.79 Å². The number of esters is 1. The molecule has 1 aliphatic carbocycles. The van der Waals surface area contributed by atoms with Gasteiger partial charge in [0.25, 0.3) is 0 Å². The zero-order valence-electron chi connectivity index (χ0n) is 10.3. The van der Waals surface area contributed by atoms with Crippen molar-refractivity contribution in [2.24, 2.45) is 17.8 Å². The van der Waals surface area contributed by atoms with Gasteiger partial charge >= 0.3 is 5.97 Å². The standard InChI is InChI=1S/C12H23NO2/c1-5-15-12(14)10(3)7-13(4)8-11-6-9(11)2/h9-11H,5-8H2,1-4H3. The highest BCUT2D eigenvalue weighted by Gasteiger charge is 2.33. The van der Waals surface area contributed by atoms with Crippen LogP contribution < -0.4 is 0 Å². The summed E-state index contributed by atoms with van der Waals surface area (Å²) in [5.41, 5.74) is 0. The summed E-state index contributed by atoms with van der Waals surface area (Å²) in [4.78, 5) is 13.6. The molecule has 1 rings (SSSR count). The van der Waals surface area contributed by atoms with E-state index < -0.39 is 0 Å². The third-order valence-electron chi connectivity index (χ3n) is 3.10. The molecule has 1 saturated carbocycles. The van der Waals surface area contributed by atoms with Crippen LogP contribution in [0.4, 0.5) is 0 Å². The number of hydrogen-bond donors (Lipinski definition) is 0. The zero-order chi connectivity index (χ0) is 11.4. The summed E-state index contributed by atoms with van der Waals surface area (Å²) in [6, 6.07) is 0. The van der Waals surface area contributed by atoms with Gasteiger partial charge in [-0.25, -0.2) is 0 Å². The molecule has 1 fully saturated rings. The highest BCUT2D eigenvalue weighted by Crippen LogP contribution is 2.37. The van der Waals surface area contributed by atoms with Crippen molar-refractivity contribution in [3.63, 3.8) is 0 Å². The predicted octanol–water partition coefficient (Wildman–Crippen LogP) is 1.77. The van der Waals surface area contributed by atoms with E-state index in [2.05, 4.69) is 18.9 Å². The van der Waals surface area contributed by atoms with Crippen molar-refractivity contribution < 1.29 is 9.53 Å². The summed E-state index contributed by atoms with van der Waals surface area (Å²) < 4.78 is 4.98. The molecule has 0 spiro atoms. The number of ether oxygens (including phenoxy) is 1. The lowest BCUT2D eigenvalue weighted by Gasteiger charge is -2.20. The molecule has 3 nitrogen and oxygen atoms in total. The van der Waals surface area contributed by atoms with E-state index in [9.17, 15) is 4.79 Å². The molecule has 0 N–H and O–H groups in total. The zero-order valence-corrected chi connectivity index (χ0v) is 10.3. The van der Waals surface area contributed by atoms with E-state index in [0.29, 0.717) is 6.61 Å². The third kappa shape index (κ3) is 4.20. The second-order valence-corrected chi connectivity index (χ2v) is 4.85. The van der Waals surface area contributed by atoms with E-state index in [1.807, 2.05) is 13.8 Å². The van der Waals surface area contributed by atoms with E-state index in [4.69, 9.17) is 4.74 Å². The minimum absolute atomic E-state index is 0.0102. The molecule has 88 valence electrons. The Hall–Kier alpha value is -0.570. The van der Waals surface area contributed by atoms with E-state index in [1.165, 1.54) is 6.42 Å². The second-order valence-electron chi connectivity index (χ2n) is 4.85. The Morgan fingerprint density at radius 3 is 2.67 bits per heavy atom. The van der Waals surface area contributed by atoms with Gasteiger partial charge in [0.2, 0.25) is 0 Å². The van der Waals surface area contributed by atoms with Crippen LogP contribution in [0.2, 0.25) is 0 Å². The van der Waals surface area contributed by atoms with Crippen LogP contribution in [0, 0.1) is 17.8 Å². The Bertz CT molecular complexity index is 218. The van der Waals surface area contributed by atoms with Crippen molar-refractivity contribution in [3.8, 4) is 0 Å². The average molecular weight is 213 g/mol. The molecule has 0 aromatic carbocycles. The maximum Gasteiger partial charge on any atom is 0.309 e. The molecule has 0 aliphatic heterocycles. The van der Waals surface area contributed by atoms with E-state index >= 15 is 0 Å². The monoisotopic (exact) mass is 213 g/mol. The summed E-state index contributed by atoms with van der Waals surface area (Å²) >= 11 is 0. The molecular formula is C12H23NO2. The van der Waals surface area contributed by atoms with E-state index in [-0.39, 0.29) is 11.9 Å². The van der Waals surface area contributed by atoms with Gasteiger partial charge in [0.05, 0.1) is 12.5 Å². The average Bonchev–Trinajstić information content (AvgIpc) is 2.81. The number of carbonyl (C=O) groups is 1. The Morgan fingerprint density at radius 1 is 1.60 bits per heavy atom. The lowest BCUT2D eigenvalue weighted by molar-refractivity contribution is -0.147. The number of hydrogen-bond acceptors (Lipinski definition) is 3. The molecule has 3 unspecified atom stereocenters. The van der Waals surface area contributed by atoms with Gasteiger partial charge in [-0.05, 0) is 32.2 Å². The van der Waals surface area contributed by atoms with Crippen LogP contribution in [0.15, 0.2) is 0 Å². The second kappa shape index (κ2) is 5.50. The first-order valence-electron chi connectivity index (χ1n) is 5.89. The van der Waals surface area contributed by atoms with Crippen molar-refractivity contribution in [1.82, 2.24) is 4.90 Å². The lowest BCUT2D eigenvalue weighted by atomic mass is 10.1. The molecule has 3 heteroatoms. The van der Waals surface area contributed by atoms with E-state index in [0.717, 1.165) is 24.9 Å². The summed E-state index contributed by atoms with van der Waals surface area (Å²) in [5.74, 6) is 1.65. The Morgan fingerprint density at radius 2 is 2.20 bits per heavy atom. The van der Waals surface area contributed by atoms with Crippen molar-refractivity contribution in [2.45, 2.75) is 27.2 Å². The van der Waals surface area contributed by atoms with Crippen molar-refractivity contribution in [2.75, 3.05) is 26.7 Å². The fourth-order valence-electron chi connectivity index (χ4n) is 1.95. The van der Waals surface area contributed by atoms with E-state index in [1.54, 1.807) is 0 Å². The van der Waals surface area contributed by atoms with Crippen LogP contribution in [-0.2, 0) is 9.53 Å². The molecule has 0 aromatic heterocycles. The molecule has 1 aliphatic rings. The number of nitrogens with zero attached hydrogens (tertiary/aromatic N) is 1. The molecule has 0 bridgehead atoms. The van der Waals surface area contributed by atoms with Crippen molar-refractivity contribution in [1.29, 1.82) is 0 Å². The third-order valence-corrected chi connectivity index (χ3v) is 3.10. The van der Waals surface area contributed by atoms with Gasteiger partial charge in [0, 0.05) is 13.1 Å². The van der Waals surface area contributed by atoms with Gasteiger partial charge in [-0.15, -0.1) is 0 Å². The van der Waals surface area contributed by atoms with Crippen LogP contribution in [0.3, 0.4) is 0 Å². The Balaban J connectivity index is 2.18. The Labute approximate surface area is 92.8 Å². The van der Waals surface area contributed by atoms with Crippen molar-refractivity contribution in [3.05, 3.63) is 0 Å². The van der Waals surface area contributed by atoms with Gasteiger partial charge in [0.15, 0.2) is 0 Å². The largest absolute Gasteiger partial charge is 0.466 e. The fraction of sp³-hybridized carbons (Fsp3) is 0.917. The van der Waals surface area contributed by atoms with Gasteiger partial charge in [0.1, 0.15) is 0 Å². The highest BCUT2D eigenvalue weighted by atomic mass is 16.5. The van der Waals surface area contributed by atoms with Crippen LogP contribution in [-0.4, -0.2) is 37.6 Å². The van der Waals surface area contributed by atoms with Crippen LogP contribution >= 0.6 is 0 Å². The lowest BCUT2D eigenvalue weighted by Crippen LogP contribution is -2.31. The smallest absolute Gasteiger partial charge is 0.309 e. The molecular weight excluding hydrogens is 190 g/mol. The highest BCUT2D eigenvalue weighted by molar-refractivity contribution is 5.72. The van der Waals surface area contributed by atoms with Crippen LogP contribution in [0.25, 0.3) is 0 Å². The molecule has 3 atom stereocenters. The summed E-state index contributed by atoms with van der Waals surface area (Å²) in [7, 11) is 2.08. The molecule has 0 heterocycles. The fourth-order valence-corrected chi connectivity index (χ4v) is 1.95. The van der Waals surface area contributed by atoms with Crippen molar-refractivity contribution >= 4 is 5.97 Å². The van der Waals surface area contributed by atoms with Crippen LogP contribution in [0.1, 0.15) is 27.2 Å². The molecule has 15 heavy (non-hydrogen) atoms. The topological polar surface area (TPSA) is 29.5 Å². The minimum Gasteiger partial charge on any atom is -0.466 e. The van der Waals surface area contributed by atoms with Gasteiger partial charge < -0.3 is 9.64 Å². The molecule has 0 saturated heterocycles.